The fourth-order valence-corrected chi connectivity index (χ4v) is 9.21. The Hall–Kier alpha value is -6.46. The Morgan fingerprint density at radius 3 is 2.50 bits per heavy atom. The van der Waals surface area contributed by atoms with Gasteiger partial charge in [0.1, 0.15) is 41.4 Å². The van der Waals surface area contributed by atoms with E-state index in [1.165, 1.54) is 30.0 Å². The van der Waals surface area contributed by atoms with Gasteiger partial charge in [0.15, 0.2) is 16.7 Å². The molecule has 3 fully saturated rings. The van der Waals surface area contributed by atoms with Crippen molar-refractivity contribution >= 4 is 69.5 Å². The van der Waals surface area contributed by atoms with E-state index in [1.807, 2.05) is 11.9 Å². The number of benzene rings is 1. The summed E-state index contributed by atoms with van der Waals surface area (Å²) in [6, 6.07) is 3.51. The lowest BCUT2D eigenvalue weighted by Gasteiger charge is -2.52. The molecule has 3 aliphatic heterocycles. The normalized spacial score (nSPS) is 19.1. The molecule has 1 aromatic carbocycles. The molecule has 0 bridgehead atoms. The van der Waals surface area contributed by atoms with Gasteiger partial charge in [-0.25, -0.2) is 38.1 Å². The third kappa shape index (κ3) is 8.48. The Morgan fingerprint density at radius 1 is 1.06 bits per heavy atom. The molecule has 64 heavy (non-hydrogen) atoms. The predicted octanol–water partition coefficient (Wildman–Crippen LogP) is 6.13. The number of halogens is 5. The lowest BCUT2D eigenvalue weighted by atomic mass is 9.60. The molecule has 17 nitrogen and oxygen atoms in total. The van der Waals surface area contributed by atoms with E-state index in [0.29, 0.717) is 41.9 Å². The highest BCUT2D eigenvalue weighted by molar-refractivity contribution is 6.29. The Labute approximate surface area is 368 Å². The first kappa shape index (κ1) is 44.2. The van der Waals surface area contributed by atoms with Crippen molar-refractivity contribution in [2.45, 2.75) is 69.8 Å². The number of hydrogen-bond acceptors (Lipinski definition) is 14. The van der Waals surface area contributed by atoms with Gasteiger partial charge in [-0.1, -0.05) is 11.6 Å². The van der Waals surface area contributed by atoms with Crippen LogP contribution in [-0.4, -0.2) is 101 Å². The second kappa shape index (κ2) is 17.6. The van der Waals surface area contributed by atoms with Gasteiger partial charge in [0, 0.05) is 45.4 Å². The number of carbonyl (C=O) groups excluding carboxylic acids is 4. The van der Waals surface area contributed by atoms with E-state index >= 15 is 4.39 Å². The number of nitrogens with one attached hydrogen (secondary N) is 4. The molecule has 1 saturated carbocycles. The number of fused-ring (bicyclic) bond motifs is 2. The van der Waals surface area contributed by atoms with Crippen LogP contribution >= 0.6 is 11.6 Å². The van der Waals surface area contributed by atoms with E-state index in [9.17, 15) is 32.3 Å². The van der Waals surface area contributed by atoms with E-state index in [4.69, 9.17) is 21.1 Å². The number of ether oxygens (including phenoxy) is 2. The molecule has 1 aliphatic carbocycles. The monoisotopic (exact) mass is 907 g/mol. The zero-order chi connectivity index (χ0) is 45.5. The number of rotatable bonds is 11. The Balaban J connectivity index is 0.876. The summed E-state index contributed by atoms with van der Waals surface area (Å²) in [7, 11) is 3.09. The molecule has 4 aromatic rings. The number of amides is 2. The second-order valence-corrected chi connectivity index (χ2v) is 16.6. The number of aromatic nitrogens is 4. The molecular weight excluding hydrogens is 866 g/mol. The summed E-state index contributed by atoms with van der Waals surface area (Å²) in [5.41, 5.74) is 1.02. The van der Waals surface area contributed by atoms with Crippen LogP contribution in [-0.2, 0) is 25.3 Å². The van der Waals surface area contributed by atoms with Gasteiger partial charge in [0.25, 0.3) is 0 Å². The summed E-state index contributed by atoms with van der Waals surface area (Å²) in [4.78, 5) is 62.2. The SMILES string of the molecule is COC(C)c1c(NC(=O)Nc2cc(C(F)(F)F)cnc2OCCN2CCC3(CC2)CC(Nc2c(F)ccc4c2N(C)C(=C=O)N4C2CCC(=C=O)NC2=C=O)C3)cnc2cc(Cl)nn12. The summed E-state index contributed by atoms with van der Waals surface area (Å²) < 4.78 is 69.6. The quantitative estimate of drug-likeness (QED) is 0.0994. The third-order valence-electron chi connectivity index (χ3n) is 12.3. The molecular formula is C42H42ClF4N11O6. The van der Waals surface area contributed by atoms with Gasteiger partial charge in [-0.15, -0.1) is 0 Å². The number of hydrogen-bond donors (Lipinski definition) is 4. The number of urea groups is 1. The number of nitrogens with zero attached hydrogens (tertiary/aromatic N) is 7. The minimum absolute atomic E-state index is 0.0144. The van der Waals surface area contributed by atoms with Crippen molar-refractivity contribution in [2.75, 3.05) is 66.1 Å². The van der Waals surface area contributed by atoms with Gasteiger partial charge in [0.05, 0.1) is 52.3 Å². The summed E-state index contributed by atoms with van der Waals surface area (Å²) in [5, 5.41) is 15.5. The van der Waals surface area contributed by atoms with E-state index in [1.54, 1.807) is 35.8 Å². The third-order valence-corrected chi connectivity index (χ3v) is 12.5. The van der Waals surface area contributed by atoms with Gasteiger partial charge in [0.2, 0.25) is 11.7 Å². The van der Waals surface area contributed by atoms with Crippen LogP contribution in [0.4, 0.5) is 50.8 Å². The summed E-state index contributed by atoms with van der Waals surface area (Å²) in [6.45, 7) is 3.65. The van der Waals surface area contributed by atoms with E-state index < -0.39 is 35.7 Å². The molecule has 2 unspecified atom stereocenters. The molecule has 2 atom stereocenters. The number of carbonyl (C=O) groups is 1. The Kier molecular flexibility index (Phi) is 12.1. The molecule has 22 heteroatoms. The van der Waals surface area contributed by atoms with Crippen molar-refractivity contribution in [3.63, 3.8) is 0 Å². The topological polar surface area (TPSA) is 188 Å². The highest BCUT2D eigenvalue weighted by Crippen LogP contribution is 2.53. The van der Waals surface area contributed by atoms with Gasteiger partial charge >= 0.3 is 12.2 Å². The number of pyridine rings is 1. The lowest BCUT2D eigenvalue weighted by molar-refractivity contribution is -0.137. The number of methoxy groups -OCH3 is 1. The largest absolute Gasteiger partial charge is 0.475 e. The zero-order valence-corrected chi connectivity index (χ0v) is 35.5. The highest BCUT2D eigenvalue weighted by Gasteiger charge is 2.47. The molecule has 2 amide bonds. The molecule has 336 valence electrons. The fourth-order valence-electron chi connectivity index (χ4n) is 9.04. The van der Waals surface area contributed by atoms with Gasteiger partial charge in [-0.05, 0) is 75.7 Å². The number of anilines is 5. The highest BCUT2D eigenvalue weighted by atomic mass is 35.5. The number of likely N-dealkylation sites (tertiary alicyclic amines) is 1. The first-order chi connectivity index (χ1) is 30.6. The van der Waals surface area contributed by atoms with Gasteiger partial charge < -0.3 is 40.5 Å². The van der Waals surface area contributed by atoms with Crippen LogP contribution in [0.1, 0.15) is 62.8 Å². The predicted molar refractivity (Wildman–Crippen MR) is 227 cm³/mol. The molecule has 4 N–H and O–H groups in total. The summed E-state index contributed by atoms with van der Waals surface area (Å²) in [5.74, 6) is 4.94. The first-order valence-electron chi connectivity index (χ1n) is 20.4. The van der Waals surface area contributed by atoms with Crippen LogP contribution in [0.15, 0.2) is 53.9 Å². The Bertz CT molecular complexity index is 2640. The molecule has 1 spiro atoms. The summed E-state index contributed by atoms with van der Waals surface area (Å²) >= 11 is 6.07. The van der Waals surface area contributed by atoms with Crippen LogP contribution in [0, 0.1) is 11.2 Å². The van der Waals surface area contributed by atoms with Crippen LogP contribution in [0.5, 0.6) is 5.88 Å². The molecule has 4 aliphatic rings. The minimum atomic E-state index is -4.74. The van der Waals surface area contributed by atoms with Crippen LogP contribution < -0.4 is 35.8 Å². The van der Waals surface area contributed by atoms with Crippen molar-refractivity contribution in [3.05, 3.63) is 76.1 Å². The average Bonchev–Trinajstić information content (AvgIpc) is 3.79. The van der Waals surface area contributed by atoms with Gasteiger partial charge in [-0.3, -0.25) is 4.90 Å². The van der Waals surface area contributed by atoms with E-state index in [-0.39, 0.29) is 69.8 Å². The molecule has 0 radical (unpaired) electrons. The zero-order valence-electron chi connectivity index (χ0n) is 34.7. The van der Waals surface area contributed by atoms with Crippen LogP contribution in [0.25, 0.3) is 5.65 Å². The summed E-state index contributed by atoms with van der Waals surface area (Å²) in [6.07, 6.45) is 0.503. The van der Waals surface area contributed by atoms with E-state index in [0.717, 1.165) is 44.8 Å². The van der Waals surface area contributed by atoms with Crippen molar-refractivity contribution in [1.29, 1.82) is 0 Å². The smallest absolute Gasteiger partial charge is 0.417 e. The second-order valence-electron chi connectivity index (χ2n) is 16.2. The Morgan fingerprint density at radius 2 is 1.81 bits per heavy atom. The first-order valence-corrected chi connectivity index (χ1v) is 20.7. The maximum absolute atomic E-state index is 15.6. The minimum Gasteiger partial charge on any atom is -0.475 e. The lowest BCUT2D eigenvalue weighted by Crippen LogP contribution is -2.52. The maximum atomic E-state index is 15.6. The molecule has 8 rings (SSSR count). The fraction of sp³-hybridized carbons (Fsp3) is 0.429. The number of piperidine rings is 2. The van der Waals surface area contributed by atoms with E-state index in [2.05, 4.69) is 41.2 Å². The van der Waals surface area contributed by atoms with Crippen LogP contribution in [0.2, 0.25) is 5.15 Å². The molecule has 3 aromatic heterocycles. The van der Waals surface area contributed by atoms with Crippen molar-refractivity contribution in [3.8, 4) is 5.88 Å². The maximum Gasteiger partial charge on any atom is 0.417 e. The number of allylic oxidation sites excluding steroid dienone is 1. The van der Waals surface area contributed by atoms with Gasteiger partial charge in [-0.2, -0.15) is 18.3 Å². The average molecular weight is 908 g/mol. The van der Waals surface area contributed by atoms with Crippen molar-refractivity contribution in [2.24, 2.45) is 5.41 Å². The molecule has 6 heterocycles. The van der Waals surface area contributed by atoms with Crippen LogP contribution in [0.3, 0.4) is 0 Å². The molecule has 2 saturated heterocycles. The standard InChI is InChI=1S/C42H42ClF4N11O6/c1-23(63-3)37-29(19-48-34-15-33(43)54-58(34)37)53-40(62)52-28-14-24(42(45,46)47)18-49-39(28)64-13-12-56-10-8-41(9-11-56)16-26(17-41)51-36-27(44)5-7-32-38(36)55(2)35(22-61)57(32)31-6-4-25(20-59)50-30(31)21-60/h5,7,14-15,18-19,23,26,31,50-51H,4,6,8-13,16-17H2,1-3H3,(H2,52,53,62). The van der Waals surface area contributed by atoms with Crippen molar-refractivity contribution < 1.29 is 46.2 Å². The number of alkyl halides is 3. The van der Waals surface area contributed by atoms with Crippen molar-refractivity contribution in [1.82, 2.24) is 29.8 Å².